The van der Waals surface area contributed by atoms with Crippen LogP contribution < -0.4 is 4.74 Å². The highest BCUT2D eigenvalue weighted by Crippen LogP contribution is 2.48. The first-order chi connectivity index (χ1) is 10.7. The van der Waals surface area contributed by atoms with Gasteiger partial charge in [-0.05, 0) is 40.7 Å². The van der Waals surface area contributed by atoms with Crippen molar-refractivity contribution in [3.63, 3.8) is 0 Å². The fourth-order valence-corrected chi connectivity index (χ4v) is 3.63. The maximum absolute atomic E-state index is 10.6. The lowest BCUT2D eigenvalue weighted by Gasteiger charge is -2.40. The number of allylic oxidation sites excluding steroid dienone is 1. The third-order valence-electron chi connectivity index (χ3n) is 4.89. The molecule has 1 aliphatic rings. The lowest BCUT2D eigenvalue weighted by molar-refractivity contribution is 0.0775. The number of benzene rings is 2. The third-order valence-corrected chi connectivity index (χ3v) is 4.89. The minimum Gasteiger partial charge on any atom is -0.497 e. The third kappa shape index (κ3) is 2.34. The summed E-state index contributed by atoms with van der Waals surface area (Å²) in [5.74, 6) is 1.42. The van der Waals surface area contributed by atoms with E-state index < -0.39 is 6.10 Å². The van der Waals surface area contributed by atoms with Gasteiger partial charge in [-0.2, -0.15) is 0 Å². The number of rotatable bonds is 3. The Hall–Kier alpha value is -2.06. The van der Waals surface area contributed by atoms with Gasteiger partial charge < -0.3 is 9.84 Å². The fourth-order valence-electron chi connectivity index (χ4n) is 3.63. The monoisotopic (exact) mass is 294 g/mol. The van der Waals surface area contributed by atoms with Crippen molar-refractivity contribution in [1.29, 1.82) is 0 Å². The van der Waals surface area contributed by atoms with Gasteiger partial charge in [0.15, 0.2) is 0 Å². The summed E-state index contributed by atoms with van der Waals surface area (Å²) in [6.45, 7) is 6.12. The lowest BCUT2D eigenvalue weighted by atomic mass is 9.66. The van der Waals surface area contributed by atoms with Crippen LogP contribution >= 0.6 is 0 Å². The first-order valence-electron chi connectivity index (χ1n) is 7.70. The topological polar surface area (TPSA) is 29.5 Å². The minimum atomic E-state index is -0.436. The maximum Gasteiger partial charge on any atom is 0.118 e. The SMILES string of the molecule is C=C[C@H]1[C@H](c2ccc(OC)cc2)c2ccccc2[C@@H](O)[C@H]1C. The second-order valence-electron chi connectivity index (χ2n) is 6.00. The van der Waals surface area contributed by atoms with Gasteiger partial charge >= 0.3 is 0 Å². The number of fused-ring (bicyclic) bond motifs is 1. The van der Waals surface area contributed by atoms with E-state index in [0.29, 0.717) is 0 Å². The normalized spacial score (nSPS) is 27.0. The summed E-state index contributed by atoms with van der Waals surface area (Å²) in [6, 6.07) is 16.4. The van der Waals surface area contributed by atoms with Gasteiger partial charge in [0.05, 0.1) is 13.2 Å². The van der Waals surface area contributed by atoms with Crippen molar-refractivity contribution in [2.45, 2.75) is 18.9 Å². The highest BCUT2D eigenvalue weighted by atomic mass is 16.5. The molecule has 2 heteroatoms. The van der Waals surface area contributed by atoms with E-state index in [0.717, 1.165) is 11.3 Å². The Morgan fingerprint density at radius 1 is 1.05 bits per heavy atom. The Morgan fingerprint density at radius 3 is 2.27 bits per heavy atom. The van der Waals surface area contributed by atoms with Crippen LogP contribution in [0.4, 0.5) is 0 Å². The van der Waals surface area contributed by atoms with Gasteiger partial charge in [0.2, 0.25) is 0 Å². The number of hydrogen-bond acceptors (Lipinski definition) is 2. The van der Waals surface area contributed by atoms with Gasteiger partial charge in [0.1, 0.15) is 5.75 Å². The number of aliphatic hydroxyl groups excluding tert-OH is 1. The molecule has 0 saturated heterocycles. The number of ether oxygens (including phenoxy) is 1. The maximum atomic E-state index is 10.6. The average molecular weight is 294 g/mol. The molecule has 0 aliphatic heterocycles. The van der Waals surface area contributed by atoms with E-state index in [1.165, 1.54) is 11.1 Å². The Labute approximate surface area is 132 Å². The zero-order valence-corrected chi connectivity index (χ0v) is 13.1. The summed E-state index contributed by atoms with van der Waals surface area (Å²) in [4.78, 5) is 0. The highest BCUT2D eigenvalue weighted by molar-refractivity contribution is 5.44. The Bertz CT molecular complexity index is 660. The van der Waals surface area contributed by atoms with Crippen LogP contribution in [-0.2, 0) is 0 Å². The molecular formula is C20H22O2. The Morgan fingerprint density at radius 2 is 1.68 bits per heavy atom. The van der Waals surface area contributed by atoms with Crippen molar-refractivity contribution < 1.29 is 9.84 Å². The molecule has 1 aliphatic carbocycles. The first-order valence-corrected chi connectivity index (χ1v) is 7.70. The van der Waals surface area contributed by atoms with E-state index >= 15 is 0 Å². The summed E-state index contributed by atoms with van der Waals surface area (Å²) in [6.07, 6.45) is 1.55. The summed E-state index contributed by atoms with van der Waals surface area (Å²) in [5.41, 5.74) is 3.47. The molecule has 0 radical (unpaired) electrons. The van der Waals surface area contributed by atoms with Gasteiger partial charge in [-0.1, -0.05) is 49.4 Å². The van der Waals surface area contributed by atoms with Gasteiger partial charge in [-0.3, -0.25) is 0 Å². The van der Waals surface area contributed by atoms with E-state index in [-0.39, 0.29) is 17.8 Å². The Balaban J connectivity index is 2.13. The van der Waals surface area contributed by atoms with Crippen LogP contribution in [0.1, 0.15) is 35.6 Å². The molecule has 0 saturated carbocycles. The van der Waals surface area contributed by atoms with Crippen molar-refractivity contribution in [3.8, 4) is 5.75 Å². The van der Waals surface area contributed by atoms with Gasteiger partial charge in [0.25, 0.3) is 0 Å². The number of hydrogen-bond donors (Lipinski definition) is 1. The van der Waals surface area contributed by atoms with E-state index in [2.05, 4.69) is 31.7 Å². The van der Waals surface area contributed by atoms with Crippen LogP contribution in [0.2, 0.25) is 0 Å². The standard InChI is InChI=1S/C20H22O2/c1-4-16-13(2)20(21)18-8-6-5-7-17(18)19(16)14-9-11-15(22-3)12-10-14/h4-13,16,19-21H,1H2,2-3H3/t13-,16+,19-,20-/m0/s1. The number of methoxy groups -OCH3 is 1. The molecule has 0 unspecified atom stereocenters. The average Bonchev–Trinajstić information content (AvgIpc) is 2.58. The molecule has 1 N–H and O–H groups in total. The van der Waals surface area contributed by atoms with Crippen molar-refractivity contribution in [2.24, 2.45) is 11.8 Å². The van der Waals surface area contributed by atoms with Crippen LogP contribution in [0.3, 0.4) is 0 Å². The molecule has 4 atom stereocenters. The summed E-state index contributed by atoms with van der Waals surface area (Å²) < 4.78 is 5.26. The predicted octanol–water partition coefficient (Wildman–Crippen LogP) is 4.31. The summed E-state index contributed by atoms with van der Waals surface area (Å²) >= 11 is 0. The molecule has 0 amide bonds. The van der Waals surface area contributed by atoms with Crippen molar-refractivity contribution in [3.05, 3.63) is 77.9 Å². The van der Waals surface area contributed by atoms with Crippen molar-refractivity contribution in [1.82, 2.24) is 0 Å². The van der Waals surface area contributed by atoms with E-state index in [9.17, 15) is 5.11 Å². The van der Waals surface area contributed by atoms with Crippen LogP contribution in [-0.4, -0.2) is 12.2 Å². The molecule has 0 heterocycles. The molecule has 2 aromatic rings. The van der Waals surface area contributed by atoms with Crippen molar-refractivity contribution >= 4 is 0 Å². The molecule has 0 fully saturated rings. The lowest BCUT2D eigenvalue weighted by Crippen LogP contribution is -2.31. The highest BCUT2D eigenvalue weighted by Gasteiger charge is 2.38. The quantitative estimate of drug-likeness (QED) is 0.855. The summed E-state index contributed by atoms with van der Waals surface area (Å²) in [7, 11) is 1.68. The second kappa shape index (κ2) is 5.98. The molecule has 0 spiro atoms. The minimum absolute atomic E-state index is 0.138. The molecule has 114 valence electrons. The molecule has 3 rings (SSSR count). The van der Waals surface area contributed by atoms with E-state index in [1.807, 2.05) is 36.4 Å². The molecule has 0 bridgehead atoms. The van der Waals surface area contributed by atoms with Gasteiger partial charge in [0, 0.05) is 5.92 Å². The van der Waals surface area contributed by atoms with Crippen LogP contribution in [0, 0.1) is 11.8 Å². The van der Waals surface area contributed by atoms with E-state index in [4.69, 9.17) is 4.74 Å². The molecule has 2 aromatic carbocycles. The smallest absolute Gasteiger partial charge is 0.118 e. The first kappa shape index (κ1) is 14.9. The zero-order chi connectivity index (χ0) is 15.7. The van der Waals surface area contributed by atoms with E-state index in [1.54, 1.807) is 7.11 Å². The largest absolute Gasteiger partial charge is 0.497 e. The van der Waals surface area contributed by atoms with Crippen LogP contribution in [0.5, 0.6) is 5.75 Å². The molecular weight excluding hydrogens is 272 g/mol. The molecule has 0 aromatic heterocycles. The van der Waals surface area contributed by atoms with Crippen molar-refractivity contribution in [2.75, 3.05) is 7.11 Å². The molecule has 2 nitrogen and oxygen atoms in total. The van der Waals surface area contributed by atoms with Crippen LogP contribution in [0.15, 0.2) is 61.2 Å². The van der Waals surface area contributed by atoms with Crippen LogP contribution in [0.25, 0.3) is 0 Å². The Kier molecular flexibility index (Phi) is 4.04. The van der Waals surface area contributed by atoms with Gasteiger partial charge in [-0.25, -0.2) is 0 Å². The van der Waals surface area contributed by atoms with Gasteiger partial charge in [-0.15, -0.1) is 6.58 Å². The zero-order valence-electron chi connectivity index (χ0n) is 13.1. The summed E-state index contributed by atoms with van der Waals surface area (Å²) in [5, 5.41) is 10.6. The molecule has 22 heavy (non-hydrogen) atoms. The number of aliphatic hydroxyl groups is 1. The predicted molar refractivity (Wildman–Crippen MR) is 89.1 cm³/mol. The second-order valence-corrected chi connectivity index (χ2v) is 6.00. The fraction of sp³-hybridized carbons (Fsp3) is 0.300.